The van der Waals surface area contributed by atoms with Crippen LogP contribution in [0.1, 0.15) is 0 Å². The van der Waals surface area contributed by atoms with E-state index in [-0.39, 0.29) is 0 Å². The van der Waals surface area contributed by atoms with Crippen LogP contribution >= 0.6 is 37.2 Å². The van der Waals surface area contributed by atoms with Gasteiger partial charge in [-0.1, -0.05) is 6.42 Å². The monoisotopic (exact) mass is 202 g/mol. The molecule has 0 saturated heterocycles. The number of allylic oxidation sites excluding steroid dienone is 1. The second kappa shape index (κ2) is 6.36. The van der Waals surface area contributed by atoms with Gasteiger partial charge in [-0.25, -0.2) is 0 Å². The molecule has 0 saturated carbocycles. The van der Waals surface area contributed by atoms with Gasteiger partial charge in [-0.2, -0.15) is 17.9 Å². The molecule has 11 heavy (non-hydrogen) atoms. The van der Waals surface area contributed by atoms with Crippen molar-refractivity contribution >= 4 is 37.2 Å². The summed E-state index contributed by atoms with van der Waals surface area (Å²) in [5.41, 5.74) is 0. The van der Waals surface area contributed by atoms with E-state index in [1.807, 2.05) is 6.07 Å². The van der Waals surface area contributed by atoms with Crippen LogP contribution in [-0.2, 0) is 0 Å². The van der Waals surface area contributed by atoms with Crippen molar-refractivity contribution in [3.05, 3.63) is 9.81 Å². The number of nitrogens with one attached hydrogen (secondary N) is 1. The summed E-state index contributed by atoms with van der Waals surface area (Å²) in [6.45, 7) is 0. The van der Waals surface area contributed by atoms with Gasteiger partial charge < -0.3 is 0 Å². The van der Waals surface area contributed by atoms with Gasteiger partial charge in [-0.3, -0.25) is 4.72 Å². The van der Waals surface area contributed by atoms with Crippen molar-refractivity contribution in [3.8, 4) is 18.5 Å². The Morgan fingerprint density at radius 2 is 2.36 bits per heavy atom. The van der Waals surface area contributed by atoms with Gasteiger partial charge in [0.15, 0.2) is 0 Å². The van der Waals surface area contributed by atoms with Gasteiger partial charge in [0.2, 0.25) is 0 Å². The van der Waals surface area contributed by atoms with Crippen LogP contribution in [0.2, 0.25) is 0 Å². The minimum Gasteiger partial charge on any atom is -0.284 e. The molecule has 0 aliphatic carbocycles. The molecule has 58 valence electrons. The Labute approximate surface area is 81.4 Å². The van der Waals surface area contributed by atoms with Crippen molar-refractivity contribution in [2.45, 2.75) is 0 Å². The van der Waals surface area contributed by atoms with E-state index in [1.165, 1.54) is 0 Å². The molecule has 0 rings (SSSR count). The Bertz CT molecular complexity index is 233. The van der Waals surface area contributed by atoms with E-state index in [0.717, 1.165) is 11.9 Å². The summed E-state index contributed by atoms with van der Waals surface area (Å²) in [7, 11) is 0. The van der Waals surface area contributed by atoms with Gasteiger partial charge >= 0.3 is 0 Å². The third kappa shape index (κ3) is 4.15. The second-order valence-corrected chi connectivity index (χ2v) is 3.07. The first-order valence-electron chi connectivity index (χ1n) is 2.56. The zero-order valence-corrected chi connectivity index (χ0v) is 8.14. The molecule has 0 aromatic rings. The number of terminal acetylenes is 1. The second-order valence-electron chi connectivity index (χ2n) is 1.39. The first-order chi connectivity index (χ1) is 5.26. The average molecular weight is 202 g/mol. The lowest BCUT2D eigenvalue weighted by atomic mass is 10.5. The summed E-state index contributed by atoms with van der Waals surface area (Å²) in [5.74, 6) is 0.436. The topological polar surface area (TPSA) is 35.8 Å². The molecule has 0 aromatic carbocycles. The van der Waals surface area contributed by atoms with Gasteiger partial charge in [0.05, 0.1) is 0 Å². The van der Waals surface area contributed by atoms with Crippen molar-refractivity contribution in [2.75, 3.05) is 5.75 Å². The number of hydrogen-bond acceptors (Lipinski definition) is 5. The third-order valence-corrected chi connectivity index (χ3v) is 2.59. The van der Waals surface area contributed by atoms with Crippen LogP contribution < -0.4 is 4.72 Å². The zero-order chi connectivity index (χ0) is 8.69. The van der Waals surface area contributed by atoms with Crippen LogP contribution in [0.4, 0.5) is 0 Å². The molecule has 0 unspecified atom stereocenters. The molecule has 5 heteroatoms. The highest BCUT2D eigenvalue weighted by Gasteiger charge is 2.00. The first kappa shape index (κ1) is 10.6. The van der Waals surface area contributed by atoms with E-state index in [2.05, 4.69) is 36.0 Å². The maximum Gasteiger partial charge on any atom is 0.116 e. The van der Waals surface area contributed by atoms with E-state index in [1.54, 1.807) is 0 Å². The molecule has 0 fully saturated rings. The Kier molecular flexibility index (Phi) is 6.15. The zero-order valence-electron chi connectivity index (χ0n) is 5.53. The number of thiol groups is 2. The number of nitriles is 1. The van der Waals surface area contributed by atoms with Crippen LogP contribution in [0.5, 0.6) is 0 Å². The fourth-order valence-corrected chi connectivity index (χ4v) is 1.15. The van der Waals surface area contributed by atoms with E-state index in [4.69, 9.17) is 11.7 Å². The summed E-state index contributed by atoms with van der Waals surface area (Å²) in [6, 6.07) is 4.13. The highest BCUT2D eigenvalue weighted by Crippen LogP contribution is 2.18. The van der Waals surface area contributed by atoms with Crippen molar-refractivity contribution in [1.29, 1.82) is 5.26 Å². The normalized spacial score (nSPS) is 10.9. The van der Waals surface area contributed by atoms with Gasteiger partial charge in [-0.05, 0) is 0 Å². The summed E-state index contributed by atoms with van der Waals surface area (Å²) < 4.78 is 2.50. The van der Waals surface area contributed by atoms with Crippen molar-refractivity contribution in [2.24, 2.45) is 0 Å². The molecular weight excluding hydrogens is 196 g/mol. The summed E-state index contributed by atoms with van der Waals surface area (Å²) in [4.78, 5) is 1.06. The fraction of sp³-hybridized carbons (Fsp3) is 0.167. The van der Waals surface area contributed by atoms with Crippen molar-refractivity contribution in [3.63, 3.8) is 0 Å². The SMILES string of the molecule is C#CNS/C(C#N)=C(/S)CS. The predicted molar refractivity (Wildman–Crippen MR) is 55.0 cm³/mol. The largest absolute Gasteiger partial charge is 0.284 e. The van der Waals surface area contributed by atoms with Crippen LogP contribution in [0.25, 0.3) is 0 Å². The molecule has 0 spiro atoms. The fourth-order valence-electron chi connectivity index (χ4n) is 0.299. The van der Waals surface area contributed by atoms with E-state index >= 15 is 0 Å². The predicted octanol–water partition coefficient (Wildman–Crippen LogP) is 1.41. The van der Waals surface area contributed by atoms with Crippen molar-refractivity contribution in [1.82, 2.24) is 4.72 Å². The van der Waals surface area contributed by atoms with Crippen LogP contribution in [0.15, 0.2) is 9.81 Å². The molecule has 0 atom stereocenters. The molecule has 0 amide bonds. The molecule has 0 bridgehead atoms. The lowest BCUT2D eigenvalue weighted by Gasteiger charge is -1.98. The number of rotatable bonds is 3. The first-order valence-corrected chi connectivity index (χ1v) is 4.46. The molecule has 2 nitrogen and oxygen atoms in total. The van der Waals surface area contributed by atoms with Crippen LogP contribution in [-0.4, -0.2) is 5.75 Å². The quantitative estimate of drug-likeness (QED) is 0.213. The maximum absolute atomic E-state index is 8.53. The Morgan fingerprint density at radius 3 is 2.73 bits per heavy atom. The van der Waals surface area contributed by atoms with Gasteiger partial charge in [0.1, 0.15) is 11.0 Å². The Balaban J connectivity index is 4.21. The lowest BCUT2D eigenvalue weighted by molar-refractivity contribution is 1.49. The molecule has 1 N–H and O–H groups in total. The van der Waals surface area contributed by atoms with Gasteiger partial charge in [0, 0.05) is 28.7 Å². The van der Waals surface area contributed by atoms with Crippen LogP contribution in [0, 0.1) is 23.8 Å². The van der Waals surface area contributed by atoms with Crippen molar-refractivity contribution < 1.29 is 0 Å². The lowest BCUT2D eigenvalue weighted by Crippen LogP contribution is -1.92. The molecular formula is C6H6N2S3. The molecule has 0 radical (unpaired) electrons. The summed E-state index contributed by atoms with van der Waals surface area (Å²) >= 11 is 9.04. The minimum absolute atomic E-state index is 0.436. The summed E-state index contributed by atoms with van der Waals surface area (Å²) in [5, 5.41) is 8.53. The van der Waals surface area contributed by atoms with Crippen LogP contribution in [0.3, 0.4) is 0 Å². The van der Waals surface area contributed by atoms with E-state index < -0.39 is 0 Å². The summed E-state index contributed by atoms with van der Waals surface area (Å²) in [6.07, 6.45) is 4.92. The maximum atomic E-state index is 8.53. The number of nitrogens with zero attached hydrogens (tertiary/aromatic N) is 1. The smallest absolute Gasteiger partial charge is 0.116 e. The van der Waals surface area contributed by atoms with Gasteiger partial charge in [0.25, 0.3) is 0 Å². The molecule has 0 heterocycles. The number of hydrogen-bond donors (Lipinski definition) is 3. The van der Waals surface area contributed by atoms with Gasteiger partial charge in [-0.15, -0.1) is 12.6 Å². The highest BCUT2D eigenvalue weighted by molar-refractivity contribution is 8.02. The standard InChI is InChI=1S/C6H6N2S3/c1-2-8-11-6(3-7)5(10)4-9/h1,8-10H,4H2/b6-5+. The van der Waals surface area contributed by atoms with E-state index in [9.17, 15) is 0 Å². The Hall–Kier alpha value is -0.360. The molecule has 0 aliphatic heterocycles. The minimum atomic E-state index is 0.436. The Morgan fingerprint density at radius 1 is 1.73 bits per heavy atom. The molecule has 0 aliphatic rings. The highest BCUT2D eigenvalue weighted by atomic mass is 32.2. The molecule has 0 aromatic heterocycles. The third-order valence-electron chi connectivity index (χ3n) is 0.725. The van der Waals surface area contributed by atoms with E-state index in [0.29, 0.717) is 15.6 Å². The average Bonchev–Trinajstić information content (AvgIpc) is 2.05.